The van der Waals surface area contributed by atoms with Crippen LogP contribution in [0.15, 0.2) is 67.0 Å². The maximum absolute atomic E-state index is 12.4. The highest BCUT2D eigenvalue weighted by Crippen LogP contribution is 2.38. The van der Waals surface area contributed by atoms with Crippen LogP contribution in [0.4, 0.5) is 5.69 Å². The molecule has 0 saturated heterocycles. The molecule has 1 fully saturated rings. The Balaban J connectivity index is 1.43. The second kappa shape index (κ2) is 6.45. The highest BCUT2D eigenvalue weighted by molar-refractivity contribution is 6.04. The molecule has 5 heteroatoms. The SMILES string of the molecule is N[C@@H]1C[C@H]1c1ccc(C(=O)Nc2ccc(-c3ncccn3)cc2)cc1. The van der Waals surface area contributed by atoms with Gasteiger partial charge in [-0.05, 0) is 54.4 Å². The van der Waals surface area contributed by atoms with Crippen LogP contribution in [0.25, 0.3) is 11.4 Å². The predicted octanol–water partition coefficient (Wildman–Crippen LogP) is 3.21. The van der Waals surface area contributed by atoms with Gasteiger partial charge in [-0.1, -0.05) is 12.1 Å². The number of rotatable bonds is 4. The Bertz CT molecular complexity index is 876. The van der Waals surface area contributed by atoms with Gasteiger partial charge in [0.2, 0.25) is 0 Å². The molecular weight excluding hydrogens is 312 g/mol. The van der Waals surface area contributed by atoms with E-state index in [4.69, 9.17) is 5.73 Å². The van der Waals surface area contributed by atoms with Gasteiger partial charge in [0.25, 0.3) is 5.91 Å². The molecule has 1 aliphatic rings. The number of hydrogen-bond donors (Lipinski definition) is 2. The molecule has 1 aromatic heterocycles. The summed E-state index contributed by atoms with van der Waals surface area (Å²) in [6.45, 7) is 0. The molecule has 0 radical (unpaired) electrons. The third-order valence-corrected chi connectivity index (χ3v) is 4.41. The first-order valence-electron chi connectivity index (χ1n) is 8.25. The number of hydrogen-bond acceptors (Lipinski definition) is 4. The lowest BCUT2D eigenvalue weighted by Crippen LogP contribution is -2.11. The first kappa shape index (κ1) is 15.5. The molecule has 3 N–H and O–H groups in total. The van der Waals surface area contributed by atoms with Gasteiger partial charge in [0.1, 0.15) is 0 Å². The molecule has 5 nitrogen and oxygen atoms in total. The van der Waals surface area contributed by atoms with Crippen molar-refractivity contribution in [2.45, 2.75) is 18.4 Å². The summed E-state index contributed by atoms with van der Waals surface area (Å²) in [5.41, 5.74) is 9.34. The van der Waals surface area contributed by atoms with Crippen molar-refractivity contribution in [3.05, 3.63) is 78.1 Å². The topological polar surface area (TPSA) is 80.9 Å². The summed E-state index contributed by atoms with van der Waals surface area (Å²) in [5, 5.41) is 2.91. The van der Waals surface area contributed by atoms with E-state index in [-0.39, 0.29) is 11.9 Å². The molecule has 0 bridgehead atoms. The fraction of sp³-hybridized carbons (Fsp3) is 0.150. The van der Waals surface area contributed by atoms with Gasteiger partial charge in [0.15, 0.2) is 5.82 Å². The molecule has 124 valence electrons. The van der Waals surface area contributed by atoms with Crippen molar-refractivity contribution in [1.82, 2.24) is 9.97 Å². The zero-order valence-corrected chi connectivity index (χ0v) is 13.6. The Labute approximate surface area is 145 Å². The predicted molar refractivity (Wildman–Crippen MR) is 97.2 cm³/mol. The van der Waals surface area contributed by atoms with Gasteiger partial charge in [0.05, 0.1) is 0 Å². The maximum Gasteiger partial charge on any atom is 0.255 e. The minimum atomic E-state index is -0.129. The van der Waals surface area contributed by atoms with Gasteiger partial charge < -0.3 is 11.1 Å². The zero-order chi connectivity index (χ0) is 17.2. The number of aromatic nitrogens is 2. The van der Waals surface area contributed by atoms with E-state index in [0.29, 0.717) is 17.3 Å². The van der Waals surface area contributed by atoms with Crippen LogP contribution in [0.2, 0.25) is 0 Å². The first-order valence-corrected chi connectivity index (χ1v) is 8.25. The Kier molecular flexibility index (Phi) is 3.99. The largest absolute Gasteiger partial charge is 0.327 e. The maximum atomic E-state index is 12.4. The Morgan fingerprint density at radius 3 is 2.24 bits per heavy atom. The average molecular weight is 330 g/mol. The average Bonchev–Trinajstić information content (AvgIpc) is 3.40. The van der Waals surface area contributed by atoms with Crippen LogP contribution in [0, 0.1) is 0 Å². The van der Waals surface area contributed by atoms with E-state index in [9.17, 15) is 4.79 Å². The first-order chi connectivity index (χ1) is 12.2. The second-order valence-electron chi connectivity index (χ2n) is 6.23. The van der Waals surface area contributed by atoms with Crippen LogP contribution in [0.3, 0.4) is 0 Å². The molecule has 0 spiro atoms. The van der Waals surface area contributed by atoms with Crippen molar-refractivity contribution < 1.29 is 4.79 Å². The molecule has 1 heterocycles. The van der Waals surface area contributed by atoms with Crippen LogP contribution < -0.4 is 11.1 Å². The Morgan fingerprint density at radius 1 is 1.00 bits per heavy atom. The van der Waals surface area contributed by atoms with Crippen molar-refractivity contribution >= 4 is 11.6 Å². The molecular formula is C20H18N4O. The minimum Gasteiger partial charge on any atom is -0.327 e. The van der Waals surface area contributed by atoms with Crippen LogP contribution in [0.1, 0.15) is 28.3 Å². The number of nitrogens with two attached hydrogens (primary N) is 1. The minimum absolute atomic E-state index is 0.129. The Hall–Kier alpha value is -3.05. The van der Waals surface area contributed by atoms with Crippen LogP contribution >= 0.6 is 0 Å². The molecule has 1 aliphatic carbocycles. The molecule has 0 aliphatic heterocycles. The molecule has 4 rings (SSSR count). The summed E-state index contributed by atoms with van der Waals surface area (Å²) in [4.78, 5) is 20.8. The van der Waals surface area contributed by atoms with Crippen molar-refractivity contribution in [3.63, 3.8) is 0 Å². The van der Waals surface area contributed by atoms with Crippen molar-refractivity contribution in [2.75, 3.05) is 5.32 Å². The summed E-state index contributed by atoms with van der Waals surface area (Å²) in [5.74, 6) is 0.981. The van der Waals surface area contributed by atoms with E-state index in [2.05, 4.69) is 15.3 Å². The number of amides is 1. The molecule has 3 aromatic rings. The number of carbonyl (C=O) groups is 1. The van der Waals surface area contributed by atoms with Gasteiger partial charge in [-0.15, -0.1) is 0 Å². The van der Waals surface area contributed by atoms with E-state index >= 15 is 0 Å². The molecule has 2 atom stereocenters. The van der Waals surface area contributed by atoms with Crippen molar-refractivity contribution in [3.8, 4) is 11.4 Å². The third kappa shape index (κ3) is 3.41. The monoisotopic (exact) mass is 330 g/mol. The van der Waals surface area contributed by atoms with E-state index in [0.717, 1.165) is 17.7 Å². The van der Waals surface area contributed by atoms with E-state index in [1.807, 2.05) is 48.5 Å². The standard InChI is InChI=1S/C20H18N4O/c21-18-12-17(18)13-2-4-15(5-3-13)20(25)24-16-8-6-14(7-9-16)19-22-10-1-11-23-19/h1-11,17-18H,12,21H2,(H,24,25)/t17-,18+/m0/s1. The number of nitrogens with zero attached hydrogens (tertiary/aromatic N) is 2. The van der Waals surface area contributed by atoms with E-state index in [1.54, 1.807) is 18.5 Å². The van der Waals surface area contributed by atoms with Crippen LogP contribution in [0.5, 0.6) is 0 Å². The van der Waals surface area contributed by atoms with Gasteiger partial charge >= 0.3 is 0 Å². The molecule has 1 amide bonds. The number of nitrogens with one attached hydrogen (secondary N) is 1. The van der Waals surface area contributed by atoms with Gasteiger partial charge in [0, 0.05) is 41.2 Å². The summed E-state index contributed by atoms with van der Waals surface area (Å²) in [7, 11) is 0. The smallest absolute Gasteiger partial charge is 0.255 e. The van der Waals surface area contributed by atoms with Crippen LogP contribution in [-0.4, -0.2) is 21.9 Å². The van der Waals surface area contributed by atoms with Gasteiger partial charge in [-0.25, -0.2) is 9.97 Å². The quantitative estimate of drug-likeness (QED) is 0.770. The van der Waals surface area contributed by atoms with Crippen molar-refractivity contribution in [2.24, 2.45) is 5.73 Å². The molecule has 0 unspecified atom stereocenters. The molecule has 2 aromatic carbocycles. The number of carbonyl (C=O) groups excluding carboxylic acids is 1. The van der Waals surface area contributed by atoms with Crippen LogP contribution in [-0.2, 0) is 0 Å². The third-order valence-electron chi connectivity index (χ3n) is 4.41. The highest BCUT2D eigenvalue weighted by Gasteiger charge is 2.34. The second-order valence-corrected chi connectivity index (χ2v) is 6.23. The number of benzene rings is 2. The summed E-state index contributed by atoms with van der Waals surface area (Å²) in [6.07, 6.45) is 4.44. The molecule has 25 heavy (non-hydrogen) atoms. The normalized spacial score (nSPS) is 18.6. The highest BCUT2D eigenvalue weighted by atomic mass is 16.1. The van der Waals surface area contributed by atoms with E-state index < -0.39 is 0 Å². The lowest BCUT2D eigenvalue weighted by atomic mass is 10.1. The summed E-state index contributed by atoms with van der Waals surface area (Å²) < 4.78 is 0. The Morgan fingerprint density at radius 2 is 1.64 bits per heavy atom. The lowest BCUT2D eigenvalue weighted by molar-refractivity contribution is 0.102. The summed E-state index contributed by atoms with van der Waals surface area (Å²) >= 11 is 0. The van der Waals surface area contributed by atoms with Gasteiger partial charge in [-0.3, -0.25) is 4.79 Å². The summed E-state index contributed by atoms with van der Waals surface area (Å²) in [6, 6.07) is 17.2. The molecule has 1 saturated carbocycles. The number of anilines is 1. The lowest BCUT2D eigenvalue weighted by Gasteiger charge is -2.07. The zero-order valence-electron chi connectivity index (χ0n) is 13.6. The van der Waals surface area contributed by atoms with Gasteiger partial charge in [-0.2, -0.15) is 0 Å². The fourth-order valence-corrected chi connectivity index (χ4v) is 2.83. The van der Waals surface area contributed by atoms with Crippen molar-refractivity contribution in [1.29, 1.82) is 0 Å². The van der Waals surface area contributed by atoms with E-state index in [1.165, 1.54) is 5.56 Å². The fourth-order valence-electron chi connectivity index (χ4n) is 2.83.